The largest absolute Gasteiger partial charge is 0.316 e. The van der Waals surface area contributed by atoms with Crippen LogP contribution in [0.25, 0.3) is 0 Å². The first-order valence-electron chi connectivity index (χ1n) is 6.13. The van der Waals surface area contributed by atoms with Crippen LogP contribution in [0.15, 0.2) is 12.2 Å². The van der Waals surface area contributed by atoms with Gasteiger partial charge in [0, 0.05) is 6.54 Å². The minimum absolute atomic E-state index is 0.752. The second kappa shape index (κ2) is 8.93. The zero-order valence-corrected chi connectivity index (χ0v) is 11.0. The molecule has 0 unspecified atom stereocenters. The molecule has 0 amide bonds. The summed E-state index contributed by atoms with van der Waals surface area (Å²) in [6.45, 7) is 18.3. The average molecular weight is 212 g/mol. The minimum atomic E-state index is 0.752. The lowest BCUT2D eigenvalue weighted by Crippen LogP contribution is -2.29. The van der Waals surface area contributed by atoms with Crippen LogP contribution in [0.2, 0.25) is 0 Å². The van der Waals surface area contributed by atoms with Crippen LogP contribution in [-0.2, 0) is 0 Å². The Kier molecular flexibility index (Phi) is 8.73. The third-order valence-electron chi connectivity index (χ3n) is 2.32. The van der Waals surface area contributed by atoms with E-state index in [0.29, 0.717) is 0 Å². The van der Waals surface area contributed by atoms with Crippen molar-refractivity contribution >= 4 is 0 Å². The molecule has 2 heteroatoms. The Morgan fingerprint density at radius 2 is 2.07 bits per heavy atom. The maximum Gasteiger partial charge on any atom is 0.0187 e. The first-order chi connectivity index (χ1) is 7.06. The molecule has 0 bridgehead atoms. The SMILES string of the molecule is C=C(C)CN(CC)CCCNCC(C)C. The molecule has 1 N–H and O–H groups in total. The van der Waals surface area contributed by atoms with Gasteiger partial charge in [-0.15, -0.1) is 0 Å². The van der Waals surface area contributed by atoms with Crippen molar-refractivity contribution < 1.29 is 0 Å². The Morgan fingerprint density at radius 3 is 2.53 bits per heavy atom. The van der Waals surface area contributed by atoms with Gasteiger partial charge in [-0.25, -0.2) is 0 Å². The van der Waals surface area contributed by atoms with Gasteiger partial charge in [-0.1, -0.05) is 32.9 Å². The number of nitrogens with zero attached hydrogens (tertiary/aromatic N) is 1. The van der Waals surface area contributed by atoms with Gasteiger partial charge in [0.05, 0.1) is 0 Å². The summed E-state index contributed by atoms with van der Waals surface area (Å²) in [6, 6.07) is 0. The van der Waals surface area contributed by atoms with E-state index in [1.165, 1.54) is 18.5 Å². The van der Waals surface area contributed by atoms with Crippen LogP contribution < -0.4 is 5.32 Å². The fraction of sp³-hybridized carbons (Fsp3) is 0.846. The molecule has 0 saturated carbocycles. The van der Waals surface area contributed by atoms with E-state index in [0.717, 1.165) is 32.1 Å². The van der Waals surface area contributed by atoms with E-state index in [1.54, 1.807) is 0 Å². The molecule has 0 rings (SSSR count). The van der Waals surface area contributed by atoms with E-state index in [1.807, 2.05) is 0 Å². The molecular weight excluding hydrogens is 184 g/mol. The van der Waals surface area contributed by atoms with Gasteiger partial charge in [-0.3, -0.25) is 4.90 Å². The summed E-state index contributed by atoms with van der Waals surface area (Å²) < 4.78 is 0. The molecule has 0 aliphatic heterocycles. The molecule has 2 nitrogen and oxygen atoms in total. The van der Waals surface area contributed by atoms with Gasteiger partial charge >= 0.3 is 0 Å². The molecule has 0 radical (unpaired) electrons. The van der Waals surface area contributed by atoms with E-state index in [9.17, 15) is 0 Å². The third kappa shape index (κ3) is 9.95. The molecule has 0 aliphatic carbocycles. The summed E-state index contributed by atoms with van der Waals surface area (Å²) in [5, 5.41) is 3.47. The highest BCUT2D eigenvalue weighted by Crippen LogP contribution is 1.96. The van der Waals surface area contributed by atoms with Crippen molar-refractivity contribution in [1.82, 2.24) is 10.2 Å². The molecule has 15 heavy (non-hydrogen) atoms. The van der Waals surface area contributed by atoms with E-state index >= 15 is 0 Å². The molecule has 0 spiro atoms. The summed E-state index contributed by atoms with van der Waals surface area (Å²) in [5.41, 5.74) is 1.26. The monoisotopic (exact) mass is 212 g/mol. The maximum atomic E-state index is 3.95. The number of hydrogen-bond acceptors (Lipinski definition) is 2. The molecule has 0 fully saturated rings. The van der Waals surface area contributed by atoms with Gasteiger partial charge in [0.1, 0.15) is 0 Å². The Hall–Kier alpha value is -0.340. The van der Waals surface area contributed by atoms with Crippen LogP contribution >= 0.6 is 0 Å². The topological polar surface area (TPSA) is 15.3 Å². The third-order valence-corrected chi connectivity index (χ3v) is 2.32. The summed E-state index contributed by atoms with van der Waals surface area (Å²) in [6.07, 6.45) is 1.23. The zero-order chi connectivity index (χ0) is 11.7. The van der Waals surface area contributed by atoms with Crippen LogP contribution in [0.3, 0.4) is 0 Å². The second-order valence-electron chi connectivity index (χ2n) is 4.78. The van der Waals surface area contributed by atoms with Crippen molar-refractivity contribution in [3.63, 3.8) is 0 Å². The highest BCUT2D eigenvalue weighted by atomic mass is 15.1. The second-order valence-corrected chi connectivity index (χ2v) is 4.78. The lowest BCUT2D eigenvalue weighted by Gasteiger charge is -2.20. The molecule has 0 aromatic rings. The Bertz CT molecular complexity index is 164. The van der Waals surface area contributed by atoms with Crippen molar-refractivity contribution in [2.45, 2.75) is 34.1 Å². The molecule has 90 valence electrons. The fourth-order valence-electron chi connectivity index (χ4n) is 1.55. The predicted octanol–water partition coefficient (Wildman–Crippen LogP) is 2.52. The van der Waals surface area contributed by atoms with Crippen molar-refractivity contribution in [2.75, 3.05) is 32.7 Å². The van der Waals surface area contributed by atoms with Gasteiger partial charge in [-0.05, 0) is 45.4 Å². The van der Waals surface area contributed by atoms with Crippen molar-refractivity contribution in [3.05, 3.63) is 12.2 Å². The molecule has 0 aliphatic rings. The Morgan fingerprint density at radius 1 is 1.40 bits per heavy atom. The standard InChI is InChI=1S/C13H28N2/c1-6-15(11-13(4)5)9-7-8-14-10-12(2)3/h12,14H,4,6-11H2,1-3,5H3. The Balaban J connectivity index is 3.42. The summed E-state index contributed by atoms with van der Waals surface area (Å²) in [5.74, 6) is 0.752. The van der Waals surface area contributed by atoms with Gasteiger partial charge in [0.15, 0.2) is 0 Å². The van der Waals surface area contributed by atoms with E-state index in [-0.39, 0.29) is 0 Å². The Labute approximate surface area is 95.7 Å². The number of rotatable bonds is 9. The molecule has 0 heterocycles. The van der Waals surface area contributed by atoms with Crippen LogP contribution in [-0.4, -0.2) is 37.6 Å². The van der Waals surface area contributed by atoms with Gasteiger partial charge in [-0.2, -0.15) is 0 Å². The lowest BCUT2D eigenvalue weighted by molar-refractivity contribution is 0.305. The van der Waals surface area contributed by atoms with Crippen molar-refractivity contribution in [1.29, 1.82) is 0 Å². The van der Waals surface area contributed by atoms with E-state index in [4.69, 9.17) is 0 Å². The normalized spacial score (nSPS) is 11.3. The molecule has 0 aromatic heterocycles. The fourth-order valence-corrected chi connectivity index (χ4v) is 1.55. The highest BCUT2D eigenvalue weighted by Gasteiger charge is 2.01. The average Bonchev–Trinajstić information content (AvgIpc) is 2.14. The lowest BCUT2D eigenvalue weighted by atomic mass is 10.2. The van der Waals surface area contributed by atoms with Crippen molar-refractivity contribution in [3.8, 4) is 0 Å². The first-order valence-corrected chi connectivity index (χ1v) is 6.13. The van der Waals surface area contributed by atoms with Crippen LogP contribution in [0.4, 0.5) is 0 Å². The minimum Gasteiger partial charge on any atom is -0.316 e. The van der Waals surface area contributed by atoms with Crippen LogP contribution in [0.5, 0.6) is 0 Å². The quantitative estimate of drug-likeness (QED) is 0.467. The number of hydrogen-bond donors (Lipinski definition) is 1. The van der Waals surface area contributed by atoms with E-state index in [2.05, 4.69) is 44.5 Å². The summed E-state index contributed by atoms with van der Waals surface area (Å²) in [4.78, 5) is 2.44. The van der Waals surface area contributed by atoms with Gasteiger partial charge < -0.3 is 5.32 Å². The highest BCUT2D eigenvalue weighted by molar-refractivity contribution is 4.91. The smallest absolute Gasteiger partial charge is 0.0187 e. The van der Waals surface area contributed by atoms with E-state index < -0.39 is 0 Å². The number of nitrogens with one attached hydrogen (secondary N) is 1. The van der Waals surface area contributed by atoms with Crippen LogP contribution in [0.1, 0.15) is 34.1 Å². The van der Waals surface area contributed by atoms with Gasteiger partial charge in [0.25, 0.3) is 0 Å². The molecule has 0 atom stereocenters. The van der Waals surface area contributed by atoms with Gasteiger partial charge in [0.2, 0.25) is 0 Å². The molecular formula is C13H28N2. The number of likely N-dealkylation sites (N-methyl/N-ethyl adjacent to an activating group) is 1. The maximum absolute atomic E-state index is 3.95. The molecule has 0 saturated heterocycles. The van der Waals surface area contributed by atoms with Crippen molar-refractivity contribution in [2.24, 2.45) is 5.92 Å². The summed E-state index contributed by atoms with van der Waals surface area (Å²) in [7, 11) is 0. The predicted molar refractivity (Wildman–Crippen MR) is 69.3 cm³/mol. The zero-order valence-electron chi connectivity index (χ0n) is 11.0. The first kappa shape index (κ1) is 14.7. The van der Waals surface area contributed by atoms with Crippen LogP contribution in [0, 0.1) is 5.92 Å². The summed E-state index contributed by atoms with van der Waals surface area (Å²) >= 11 is 0. The molecule has 0 aromatic carbocycles.